The van der Waals surface area contributed by atoms with Crippen LogP contribution >= 0.6 is 0 Å². The molecule has 1 rings (SSSR count). The molecular weight excluding hydrogens is 202 g/mol. The summed E-state index contributed by atoms with van der Waals surface area (Å²) in [7, 11) is 0. The molecule has 0 radical (unpaired) electrons. The summed E-state index contributed by atoms with van der Waals surface area (Å²) in [5.41, 5.74) is 0. The zero-order valence-corrected chi connectivity index (χ0v) is 10.8. The number of nitrogens with one attached hydrogen (secondary N) is 1. The van der Waals surface area contributed by atoms with E-state index in [4.69, 9.17) is 4.74 Å². The molecule has 0 amide bonds. The van der Waals surface area contributed by atoms with Crippen molar-refractivity contribution in [2.75, 3.05) is 13.2 Å². The predicted octanol–water partition coefficient (Wildman–Crippen LogP) is 2.35. The Morgan fingerprint density at radius 1 is 1.50 bits per heavy atom. The van der Waals surface area contributed by atoms with Gasteiger partial charge in [0.2, 0.25) is 0 Å². The maximum Gasteiger partial charge on any atom is 0.322 e. The zero-order valence-electron chi connectivity index (χ0n) is 10.8. The quantitative estimate of drug-likeness (QED) is 0.733. The highest BCUT2D eigenvalue weighted by atomic mass is 16.5. The molecule has 3 atom stereocenters. The number of esters is 1. The van der Waals surface area contributed by atoms with Gasteiger partial charge in [-0.15, -0.1) is 0 Å². The Bertz CT molecular complexity index is 218. The third-order valence-corrected chi connectivity index (χ3v) is 3.40. The smallest absolute Gasteiger partial charge is 0.322 e. The number of carbonyl (C=O) groups is 1. The molecule has 0 saturated heterocycles. The van der Waals surface area contributed by atoms with E-state index in [1.165, 1.54) is 25.7 Å². The van der Waals surface area contributed by atoms with E-state index >= 15 is 0 Å². The fraction of sp³-hybridized carbons (Fsp3) is 0.923. The summed E-state index contributed by atoms with van der Waals surface area (Å²) in [4.78, 5) is 11.4. The number of ether oxygens (including phenoxy) is 1. The van der Waals surface area contributed by atoms with Gasteiger partial charge in [0.05, 0.1) is 6.61 Å². The molecule has 3 unspecified atom stereocenters. The van der Waals surface area contributed by atoms with Gasteiger partial charge in [0.15, 0.2) is 0 Å². The zero-order chi connectivity index (χ0) is 12.0. The maximum atomic E-state index is 11.4. The van der Waals surface area contributed by atoms with Crippen molar-refractivity contribution < 1.29 is 9.53 Å². The van der Waals surface area contributed by atoms with Gasteiger partial charge in [-0.3, -0.25) is 4.79 Å². The molecule has 1 fully saturated rings. The van der Waals surface area contributed by atoms with Gasteiger partial charge in [-0.25, -0.2) is 0 Å². The fourth-order valence-electron chi connectivity index (χ4n) is 2.44. The molecule has 0 bridgehead atoms. The molecule has 0 spiro atoms. The first kappa shape index (κ1) is 13.5. The van der Waals surface area contributed by atoms with Crippen LogP contribution in [0.5, 0.6) is 0 Å². The molecule has 0 aromatic heterocycles. The molecule has 1 saturated carbocycles. The molecule has 0 aromatic carbocycles. The van der Waals surface area contributed by atoms with E-state index in [0.29, 0.717) is 6.61 Å². The molecule has 16 heavy (non-hydrogen) atoms. The van der Waals surface area contributed by atoms with Gasteiger partial charge in [-0.1, -0.05) is 19.8 Å². The molecule has 0 aliphatic heterocycles. The molecule has 0 aromatic rings. The number of rotatable bonds is 5. The summed E-state index contributed by atoms with van der Waals surface area (Å²) in [5, 5.41) is 3.28. The Morgan fingerprint density at radius 2 is 2.25 bits per heavy atom. The molecule has 0 heterocycles. The standard InChI is InChI=1S/C13H25NO2/c1-4-16-13(15)11(3)14-9-12-7-5-6-10(2)8-12/h10-12,14H,4-9H2,1-3H3. The van der Waals surface area contributed by atoms with Gasteiger partial charge >= 0.3 is 5.97 Å². The van der Waals surface area contributed by atoms with E-state index < -0.39 is 0 Å². The van der Waals surface area contributed by atoms with E-state index in [0.717, 1.165) is 18.4 Å². The molecule has 94 valence electrons. The predicted molar refractivity (Wildman–Crippen MR) is 65.2 cm³/mol. The van der Waals surface area contributed by atoms with Crippen molar-refractivity contribution >= 4 is 5.97 Å². The van der Waals surface area contributed by atoms with E-state index in [9.17, 15) is 4.79 Å². The number of hydrogen-bond donors (Lipinski definition) is 1. The van der Waals surface area contributed by atoms with Gasteiger partial charge in [-0.2, -0.15) is 0 Å². The highest BCUT2D eigenvalue weighted by Crippen LogP contribution is 2.27. The molecule has 3 heteroatoms. The minimum absolute atomic E-state index is 0.133. The Balaban J connectivity index is 2.20. The first-order valence-electron chi connectivity index (χ1n) is 6.53. The van der Waals surface area contributed by atoms with Gasteiger partial charge in [0.25, 0.3) is 0 Å². The lowest BCUT2D eigenvalue weighted by molar-refractivity contribution is -0.145. The Labute approximate surface area is 98.9 Å². The topological polar surface area (TPSA) is 38.3 Å². The monoisotopic (exact) mass is 227 g/mol. The first-order chi connectivity index (χ1) is 7.63. The summed E-state index contributed by atoms with van der Waals surface area (Å²) < 4.78 is 4.96. The van der Waals surface area contributed by atoms with Crippen molar-refractivity contribution in [3.05, 3.63) is 0 Å². The Morgan fingerprint density at radius 3 is 2.88 bits per heavy atom. The van der Waals surface area contributed by atoms with Gasteiger partial charge < -0.3 is 10.1 Å². The summed E-state index contributed by atoms with van der Waals surface area (Å²) in [6.07, 6.45) is 5.29. The lowest BCUT2D eigenvalue weighted by Gasteiger charge is -2.27. The van der Waals surface area contributed by atoms with Crippen LogP contribution in [0.2, 0.25) is 0 Å². The highest BCUT2D eigenvalue weighted by molar-refractivity contribution is 5.75. The van der Waals surface area contributed by atoms with Crippen molar-refractivity contribution in [3.63, 3.8) is 0 Å². The Hall–Kier alpha value is -0.570. The SMILES string of the molecule is CCOC(=O)C(C)NCC1CCCC(C)C1. The average Bonchev–Trinajstić information content (AvgIpc) is 2.26. The largest absolute Gasteiger partial charge is 0.465 e. The summed E-state index contributed by atoms with van der Waals surface area (Å²) >= 11 is 0. The lowest BCUT2D eigenvalue weighted by atomic mass is 9.82. The second kappa shape index (κ2) is 6.89. The minimum atomic E-state index is -0.169. The van der Waals surface area contributed by atoms with Crippen LogP contribution in [-0.2, 0) is 9.53 Å². The number of carbonyl (C=O) groups excluding carboxylic acids is 1. The van der Waals surface area contributed by atoms with Gasteiger partial charge in [0, 0.05) is 0 Å². The van der Waals surface area contributed by atoms with E-state index in [-0.39, 0.29) is 12.0 Å². The second-order valence-electron chi connectivity index (χ2n) is 5.02. The molecule has 1 aliphatic carbocycles. The van der Waals surface area contributed by atoms with Crippen LogP contribution in [-0.4, -0.2) is 25.2 Å². The first-order valence-corrected chi connectivity index (χ1v) is 6.53. The number of hydrogen-bond acceptors (Lipinski definition) is 3. The van der Waals surface area contributed by atoms with E-state index in [1.807, 2.05) is 13.8 Å². The van der Waals surface area contributed by atoms with Gasteiger partial charge in [0.1, 0.15) is 6.04 Å². The normalized spacial score (nSPS) is 27.4. The lowest BCUT2D eigenvalue weighted by Crippen LogP contribution is -2.39. The average molecular weight is 227 g/mol. The minimum Gasteiger partial charge on any atom is -0.465 e. The van der Waals surface area contributed by atoms with Crippen LogP contribution in [0.3, 0.4) is 0 Å². The molecule has 3 nitrogen and oxygen atoms in total. The third-order valence-electron chi connectivity index (χ3n) is 3.40. The highest BCUT2D eigenvalue weighted by Gasteiger charge is 2.20. The molecule has 1 N–H and O–H groups in total. The van der Waals surface area contributed by atoms with Crippen LogP contribution in [0.25, 0.3) is 0 Å². The Kier molecular flexibility index (Phi) is 5.81. The molecular formula is C13H25NO2. The summed E-state index contributed by atoms with van der Waals surface area (Å²) in [5.74, 6) is 1.45. The second-order valence-corrected chi connectivity index (χ2v) is 5.02. The molecule has 1 aliphatic rings. The van der Waals surface area contributed by atoms with E-state index in [2.05, 4.69) is 12.2 Å². The van der Waals surface area contributed by atoms with Crippen LogP contribution in [0.1, 0.15) is 46.5 Å². The summed E-state index contributed by atoms with van der Waals surface area (Å²) in [6, 6.07) is -0.169. The van der Waals surface area contributed by atoms with Crippen LogP contribution < -0.4 is 5.32 Å². The van der Waals surface area contributed by atoms with Crippen molar-refractivity contribution in [3.8, 4) is 0 Å². The van der Waals surface area contributed by atoms with E-state index in [1.54, 1.807) is 0 Å². The third kappa shape index (κ3) is 4.52. The fourth-order valence-corrected chi connectivity index (χ4v) is 2.44. The van der Waals surface area contributed by atoms with Crippen LogP contribution in [0, 0.1) is 11.8 Å². The van der Waals surface area contributed by atoms with Crippen molar-refractivity contribution in [2.24, 2.45) is 11.8 Å². The van der Waals surface area contributed by atoms with Crippen molar-refractivity contribution in [1.82, 2.24) is 5.32 Å². The van der Waals surface area contributed by atoms with Crippen LogP contribution in [0.4, 0.5) is 0 Å². The maximum absolute atomic E-state index is 11.4. The van der Waals surface area contributed by atoms with Crippen molar-refractivity contribution in [1.29, 1.82) is 0 Å². The van der Waals surface area contributed by atoms with Crippen LogP contribution in [0.15, 0.2) is 0 Å². The van der Waals surface area contributed by atoms with Gasteiger partial charge in [-0.05, 0) is 45.1 Å². The van der Waals surface area contributed by atoms with Crippen molar-refractivity contribution in [2.45, 2.75) is 52.5 Å². The summed E-state index contributed by atoms with van der Waals surface area (Å²) in [6.45, 7) is 7.45.